The van der Waals surface area contributed by atoms with E-state index in [4.69, 9.17) is 0 Å². The van der Waals surface area contributed by atoms with Gasteiger partial charge >= 0.3 is 0 Å². The lowest BCUT2D eigenvalue weighted by Crippen LogP contribution is -2.30. The number of nitrogens with zero attached hydrogens (tertiary/aromatic N) is 1. The van der Waals surface area contributed by atoms with Gasteiger partial charge in [0.15, 0.2) is 0 Å². The number of carbonyl (C=O) groups is 2. The number of amides is 2. The first kappa shape index (κ1) is 14.1. The van der Waals surface area contributed by atoms with Gasteiger partial charge in [0.1, 0.15) is 0 Å². The zero-order valence-electron chi connectivity index (χ0n) is 11.0. The van der Waals surface area contributed by atoms with Crippen molar-refractivity contribution in [1.82, 2.24) is 5.32 Å². The molecule has 19 heavy (non-hydrogen) atoms. The van der Waals surface area contributed by atoms with E-state index in [0.29, 0.717) is 6.54 Å². The summed E-state index contributed by atoms with van der Waals surface area (Å²) in [5.41, 5.74) is 0.888. The standard InChI is InChI=1S/C14H17BrN2O2/c1-9-8-17(11-5-3-10(15)4-6-11)14(19)12(9)7-13(18)16-2/h3-6,9,12H,7-8H2,1-2H3,(H,16,18)/t9-,12+/m0/s1. The van der Waals surface area contributed by atoms with E-state index in [2.05, 4.69) is 21.2 Å². The SMILES string of the molecule is CNC(=O)C[C@H]1C(=O)N(c2ccc(Br)cc2)C[C@@H]1C. The molecule has 102 valence electrons. The van der Waals surface area contributed by atoms with Crippen LogP contribution in [0.15, 0.2) is 28.7 Å². The molecule has 0 spiro atoms. The summed E-state index contributed by atoms with van der Waals surface area (Å²) in [4.78, 5) is 25.6. The molecule has 1 aromatic rings. The molecule has 1 heterocycles. The second-order valence-corrected chi connectivity index (χ2v) is 5.80. The number of halogens is 1. The molecule has 0 aliphatic carbocycles. The fourth-order valence-corrected chi connectivity index (χ4v) is 2.66. The summed E-state index contributed by atoms with van der Waals surface area (Å²) in [6.45, 7) is 2.69. The highest BCUT2D eigenvalue weighted by atomic mass is 79.9. The van der Waals surface area contributed by atoms with Crippen LogP contribution in [0.5, 0.6) is 0 Å². The van der Waals surface area contributed by atoms with Crippen LogP contribution < -0.4 is 10.2 Å². The van der Waals surface area contributed by atoms with E-state index in [9.17, 15) is 9.59 Å². The van der Waals surface area contributed by atoms with Crippen molar-refractivity contribution in [2.24, 2.45) is 11.8 Å². The molecule has 2 amide bonds. The molecule has 0 aromatic heterocycles. The Labute approximate surface area is 121 Å². The highest BCUT2D eigenvalue weighted by Gasteiger charge is 2.39. The maximum absolute atomic E-state index is 12.4. The average Bonchev–Trinajstić information content (AvgIpc) is 2.67. The predicted molar refractivity (Wildman–Crippen MR) is 77.8 cm³/mol. The molecule has 0 unspecified atom stereocenters. The van der Waals surface area contributed by atoms with E-state index in [1.807, 2.05) is 31.2 Å². The molecule has 0 bridgehead atoms. The topological polar surface area (TPSA) is 49.4 Å². The van der Waals surface area contributed by atoms with Gasteiger partial charge in [-0.05, 0) is 30.2 Å². The van der Waals surface area contributed by atoms with E-state index < -0.39 is 0 Å². The summed E-state index contributed by atoms with van der Waals surface area (Å²) in [5.74, 6) is -0.0710. The number of anilines is 1. The number of hydrogen-bond acceptors (Lipinski definition) is 2. The van der Waals surface area contributed by atoms with Gasteiger partial charge in [0.05, 0.1) is 5.92 Å². The van der Waals surface area contributed by atoms with E-state index in [0.717, 1.165) is 10.2 Å². The molecular formula is C14H17BrN2O2. The predicted octanol–water partition coefficient (Wildman–Crippen LogP) is 2.18. The minimum atomic E-state index is -0.219. The summed E-state index contributed by atoms with van der Waals surface area (Å²) >= 11 is 3.38. The van der Waals surface area contributed by atoms with Crippen molar-refractivity contribution < 1.29 is 9.59 Å². The van der Waals surface area contributed by atoms with Gasteiger partial charge in [-0.25, -0.2) is 0 Å². The van der Waals surface area contributed by atoms with Gasteiger partial charge in [0, 0.05) is 30.2 Å². The zero-order chi connectivity index (χ0) is 14.0. The van der Waals surface area contributed by atoms with Crippen molar-refractivity contribution in [3.05, 3.63) is 28.7 Å². The first-order valence-corrected chi connectivity index (χ1v) is 7.09. The average molecular weight is 325 g/mol. The van der Waals surface area contributed by atoms with Crippen LogP contribution in [0, 0.1) is 11.8 Å². The van der Waals surface area contributed by atoms with Crippen LogP contribution >= 0.6 is 15.9 Å². The fraction of sp³-hybridized carbons (Fsp3) is 0.429. The van der Waals surface area contributed by atoms with Crippen LogP contribution in [0.3, 0.4) is 0 Å². The lowest BCUT2D eigenvalue weighted by molar-refractivity contribution is -0.127. The third-order valence-corrected chi connectivity index (χ3v) is 4.09. The number of rotatable bonds is 3. The third kappa shape index (κ3) is 2.97. The second kappa shape index (κ2) is 5.74. The lowest BCUT2D eigenvalue weighted by atomic mass is 9.94. The van der Waals surface area contributed by atoms with Crippen LogP contribution in [-0.4, -0.2) is 25.4 Å². The highest BCUT2D eigenvalue weighted by molar-refractivity contribution is 9.10. The first-order valence-electron chi connectivity index (χ1n) is 6.30. The van der Waals surface area contributed by atoms with Crippen molar-refractivity contribution in [3.8, 4) is 0 Å². The molecule has 0 saturated carbocycles. The van der Waals surface area contributed by atoms with Gasteiger partial charge in [-0.3, -0.25) is 9.59 Å². The quantitative estimate of drug-likeness (QED) is 0.926. The number of carbonyl (C=O) groups excluding carboxylic acids is 2. The van der Waals surface area contributed by atoms with Gasteiger partial charge in [-0.1, -0.05) is 22.9 Å². The van der Waals surface area contributed by atoms with E-state index in [-0.39, 0.29) is 30.1 Å². The Balaban J connectivity index is 2.15. The Hall–Kier alpha value is -1.36. The second-order valence-electron chi connectivity index (χ2n) is 4.89. The smallest absolute Gasteiger partial charge is 0.230 e. The molecule has 1 aliphatic heterocycles. The summed E-state index contributed by atoms with van der Waals surface area (Å²) < 4.78 is 0.984. The molecule has 5 heteroatoms. The summed E-state index contributed by atoms with van der Waals surface area (Å²) in [7, 11) is 1.60. The molecule has 0 radical (unpaired) electrons. The largest absolute Gasteiger partial charge is 0.359 e. The third-order valence-electron chi connectivity index (χ3n) is 3.56. The molecule has 1 N–H and O–H groups in total. The van der Waals surface area contributed by atoms with Crippen molar-refractivity contribution in [3.63, 3.8) is 0 Å². The molecule has 1 fully saturated rings. The van der Waals surface area contributed by atoms with Crippen LogP contribution in [-0.2, 0) is 9.59 Å². The monoisotopic (exact) mass is 324 g/mol. The Kier molecular flexibility index (Phi) is 4.24. The van der Waals surface area contributed by atoms with Crippen LogP contribution in [0.25, 0.3) is 0 Å². The van der Waals surface area contributed by atoms with Crippen molar-refractivity contribution in [2.45, 2.75) is 13.3 Å². The molecule has 1 saturated heterocycles. The van der Waals surface area contributed by atoms with E-state index in [1.54, 1.807) is 11.9 Å². The summed E-state index contributed by atoms with van der Waals surface area (Å²) in [6.07, 6.45) is 0.267. The molecule has 4 nitrogen and oxygen atoms in total. The van der Waals surface area contributed by atoms with Crippen molar-refractivity contribution in [2.75, 3.05) is 18.5 Å². The molecule has 1 aromatic carbocycles. The van der Waals surface area contributed by atoms with Gasteiger partial charge < -0.3 is 10.2 Å². The number of benzene rings is 1. The van der Waals surface area contributed by atoms with Crippen LogP contribution in [0.2, 0.25) is 0 Å². The summed E-state index contributed by atoms with van der Waals surface area (Å²) in [6, 6.07) is 7.66. The molecule has 2 atom stereocenters. The Morgan fingerprint density at radius 3 is 2.63 bits per heavy atom. The molecular weight excluding hydrogens is 308 g/mol. The summed E-state index contributed by atoms with van der Waals surface area (Å²) in [5, 5.41) is 2.58. The zero-order valence-corrected chi connectivity index (χ0v) is 12.6. The highest BCUT2D eigenvalue weighted by Crippen LogP contribution is 2.31. The van der Waals surface area contributed by atoms with Crippen LogP contribution in [0.4, 0.5) is 5.69 Å². The molecule has 2 rings (SSSR count). The van der Waals surface area contributed by atoms with Gasteiger partial charge in [-0.2, -0.15) is 0 Å². The fourth-order valence-electron chi connectivity index (χ4n) is 2.39. The van der Waals surface area contributed by atoms with Crippen molar-refractivity contribution >= 4 is 33.4 Å². The first-order chi connectivity index (χ1) is 9.02. The Morgan fingerprint density at radius 1 is 1.42 bits per heavy atom. The van der Waals surface area contributed by atoms with Crippen molar-refractivity contribution in [1.29, 1.82) is 0 Å². The number of nitrogens with one attached hydrogen (secondary N) is 1. The van der Waals surface area contributed by atoms with Gasteiger partial charge in [0.2, 0.25) is 11.8 Å². The van der Waals surface area contributed by atoms with E-state index >= 15 is 0 Å². The number of hydrogen-bond donors (Lipinski definition) is 1. The van der Waals surface area contributed by atoms with Crippen LogP contribution in [0.1, 0.15) is 13.3 Å². The normalized spacial score (nSPS) is 22.7. The maximum Gasteiger partial charge on any atom is 0.230 e. The lowest BCUT2D eigenvalue weighted by Gasteiger charge is -2.16. The minimum absolute atomic E-state index is 0.0402. The Bertz CT molecular complexity index is 487. The van der Waals surface area contributed by atoms with Gasteiger partial charge in [0.25, 0.3) is 0 Å². The Morgan fingerprint density at radius 2 is 2.05 bits per heavy atom. The maximum atomic E-state index is 12.4. The molecule has 1 aliphatic rings. The van der Waals surface area contributed by atoms with E-state index in [1.165, 1.54) is 0 Å². The van der Waals surface area contributed by atoms with Gasteiger partial charge in [-0.15, -0.1) is 0 Å². The minimum Gasteiger partial charge on any atom is -0.359 e.